The van der Waals surface area contributed by atoms with E-state index in [1.165, 1.54) is 0 Å². The van der Waals surface area contributed by atoms with Gasteiger partial charge in [0.1, 0.15) is 0 Å². The Labute approximate surface area is 97.1 Å². The van der Waals surface area contributed by atoms with Crippen molar-refractivity contribution in [1.82, 2.24) is 10.6 Å². The van der Waals surface area contributed by atoms with Gasteiger partial charge in [0, 0.05) is 13.1 Å². The minimum atomic E-state index is -5.08. The summed E-state index contributed by atoms with van der Waals surface area (Å²) in [6.07, 6.45) is -9.85. The van der Waals surface area contributed by atoms with Crippen LogP contribution in [0.5, 0.6) is 0 Å². The van der Waals surface area contributed by atoms with Gasteiger partial charge in [-0.3, -0.25) is 4.79 Å². The number of amides is 1. The molecule has 0 saturated carbocycles. The van der Waals surface area contributed by atoms with Crippen molar-refractivity contribution in [1.29, 1.82) is 0 Å². The number of hydrogen-bond donors (Lipinski definition) is 3. The Morgan fingerprint density at radius 1 is 1.00 bits per heavy atom. The molecule has 0 aliphatic rings. The molecule has 0 aromatic rings. The third kappa shape index (κ3) is 11.0. The number of hydrogen-bond acceptors (Lipinski definition) is 3. The topological polar surface area (TPSA) is 78.4 Å². The van der Waals surface area contributed by atoms with E-state index in [0.29, 0.717) is 6.54 Å². The van der Waals surface area contributed by atoms with Gasteiger partial charge in [-0.05, 0) is 7.05 Å². The van der Waals surface area contributed by atoms with Crippen molar-refractivity contribution in [2.45, 2.75) is 12.4 Å². The molecule has 0 spiro atoms. The van der Waals surface area contributed by atoms with Crippen molar-refractivity contribution in [3.63, 3.8) is 0 Å². The zero-order chi connectivity index (χ0) is 15.0. The number of rotatable bonds is 3. The fourth-order valence-electron chi connectivity index (χ4n) is 0.401. The zero-order valence-corrected chi connectivity index (χ0v) is 8.95. The highest BCUT2D eigenvalue weighted by Gasteiger charge is 2.38. The van der Waals surface area contributed by atoms with Crippen LogP contribution in [0.25, 0.3) is 0 Å². The van der Waals surface area contributed by atoms with E-state index in [2.05, 4.69) is 5.32 Å². The van der Waals surface area contributed by atoms with Gasteiger partial charge in [-0.2, -0.15) is 26.3 Å². The van der Waals surface area contributed by atoms with Gasteiger partial charge < -0.3 is 15.7 Å². The van der Waals surface area contributed by atoms with Crippen LogP contribution in [0.15, 0.2) is 0 Å². The number of likely N-dealkylation sites (N-methyl/N-ethyl adjacent to an activating group) is 1. The lowest BCUT2D eigenvalue weighted by molar-refractivity contribution is -0.192. The van der Waals surface area contributed by atoms with Gasteiger partial charge >= 0.3 is 24.2 Å². The normalized spacial score (nSPS) is 11.3. The number of nitrogens with one attached hydrogen (secondary N) is 2. The van der Waals surface area contributed by atoms with Crippen molar-refractivity contribution in [2.75, 3.05) is 20.1 Å². The van der Waals surface area contributed by atoms with Crippen LogP contribution in [0.2, 0.25) is 0 Å². The van der Waals surface area contributed by atoms with Gasteiger partial charge in [-0.1, -0.05) is 0 Å². The highest BCUT2D eigenvalue weighted by atomic mass is 19.4. The van der Waals surface area contributed by atoms with Crippen molar-refractivity contribution in [3.05, 3.63) is 0 Å². The molecule has 0 aliphatic carbocycles. The summed E-state index contributed by atoms with van der Waals surface area (Å²) in [4.78, 5) is 19.0. The van der Waals surface area contributed by atoms with Crippen molar-refractivity contribution >= 4 is 11.9 Å². The Hall–Kier alpha value is -1.52. The standard InChI is InChI=1S/C5H9F3N2O.C2HF3O2/c1-9-2-3-10-4(11)5(6,7)8;3-2(4,5)1(6)7/h9H,2-3H2,1H3,(H,10,11);(H,6,7). The summed E-state index contributed by atoms with van der Waals surface area (Å²) in [5.74, 6) is -4.65. The summed E-state index contributed by atoms with van der Waals surface area (Å²) >= 11 is 0. The van der Waals surface area contributed by atoms with Gasteiger partial charge in [-0.15, -0.1) is 0 Å². The molecule has 1 amide bonds. The first-order chi connectivity index (χ1) is 7.92. The highest BCUT2D eigenvalue weighted by Crippen LogP contribution is 2.13. The first kappa shape index (κ1) is 18.8. The van der Waals surface area contributed by atoms with Crippen LogP contribution in [0, 0.1) is 0 Å². The predicted molar refractivity (Wildman–Crippen MR) is 46.7 cm³/mol. The monoisotopic (exact) mass is 284 g/mol. The second-order valence-corrected chi connectivity index (χ2v) is 2.66. The average molecular weight is 284 g/mol. The van der Waals surface area contributed by atoms with E-state index >= 15 is 0 Å². The Kier molecular flexibility index (Phi) is 8.10. The molecule has 108 valence electrons. The van der Waals surface area contributed by atoms with E-state index in [1.807, 2.05) is 0 Å². The average Bonchev–Trinajstić information content (AvgIpc) is 2.15. The third-order valence-corrected chi connectivity index (χ3v) is 1.16. The molecular weight excluding hydrogens is 274 g/mol. The largest absolute Gasteiger partial charge is 0.490 e. The number of alkyl halides is 6. The van der Waals surface area contributed by atoms with Crippen molar-refractivity contribution < 1.29 is 41.0 Å². The Balaban J connectivity index is 0. The summed E-state index contributed by atoms with van der Waals surface area (Å²) in [6.45, 7) is 0.302. The first-order valence-corrected chi connectivity index (χ1v) is 4.22. The fourth-order valence-corrected chi connectivity index (χ4v) is 0.401. The van der Waals surface area contributed by atoms with Crippen molar-refractivity contribution in [3.8, 4) is 0 Å². The summed E-state index contributed by atoms with van der Waals surface area (Å²) in [5, 5.41) is 11.4. The molecule has 0 heterocycles. The lowest BCUT2D eigenvalue weighted by atomic mass is 10.5. The van der Waals surface area contributed by atoms with Crippen LogP contribution >= 0.6 is 0 Å². The maximum Gasteiger partial charge on any atom is 0.490 e. The molecule has 0 fully saturated rings. The Bertz CT molecular complexity index is 275. The van der Waals surface area contributed by atoms with Gasteiger partial charge in [0.2, 0.25) is 0 Å². The lowest BCUT2D eigenvalue weighted by Gasteiger charge is -2.06. The summed E-state index contributed by atoms with van der Waals surface area (Å²) in [7, 11) is 1.58. The summed E-state index contributed by atoms with van der Waals surface area (Å²) < 4.78 is 66.1. The number of halogens is 6. The van der Waals surface area contributed by atoms with E-state index < -0.39 is 24.2 Å². The molecule has 0 unspecified atom stereocenters. The summed E-state index contributed by atoms with van der Waals surface area (Å²) in [6, 6.07) is 0. The fraction of sp³-hybridized carbons (Fsp3) is 0.714. The molecule has 0 radical (unpaired) electrons. The minimum absolute atomic E-state index is 0.0190. The maximum atomic E-state index is 11.4. The van der Waals surface area contributed by atoms with Gasteiger partial charge in [-0.25, -0.2) is 4.79 Å². The molecule has 0 atom stereocenters. The van der Waals surface area contributed by atoms with E-state index in [-0.39, 0.29) is 6.54 Å². The van der Waals surface area contributed by atoms with Crippen LogP contribution in [0.3, 0.4) is 0 Å². The smallest absolute Gasteiger partial charge is 0.475 e. The van der Waals surface area contributed by atoms with Crippen LogP contribution in [-0.4, -0.2) is 49.5 Å². The molecule has 5 nitrogen and oxygen atoms in total. The number of aliphatic carboxylic acids is 1. The first-order valence-electron chi connectivity index (χ1n) is 4.22. The Morgan fingerprint density at radius 2 is 1.39 bits per heavy atom. The number of carboxylic acids is 1. The second-order valence-electron chi connectivity index (χ2n) is 2.66. The van der Waals surface area contributed by atoms with Crippen LogP contribution in [0.1, 0.15) is 0 Å². The number of carbonyl (C=O) groups is 2. The van der Waals surface area contributed by atoms with Crippen LogP contribution < -0.4 is 10.6 Å². The van der Waals surface area contributed by atoms with Gasteiger partial charge in [0.25, 0.3) is 0 Å². The van der Waals surface area contributed by atoms with Crippen molar-refractivity contribution in [2.24, 2.45) is 0 Å². The molecule has 0 aliphatic heterocycles. The van der Waals surface area contributed by atoms with E-state index in [1.54, 1.807) is 12.4 Å². The zero-order valence-electron chi connectivity index (χ0n) is 8.95. The molecule has 11 heteroatoms. The molecule has 0 aromatic carbocycles. The molecule has 0 aromatic heterocycles. The van der Waals surface area contributed by atoms with Gasteiger partial charge in [0.15, 0.2) is 0 Å². The molecular formula is C7H10F6N2O3. The van der Waals surface area contributed by atoms with E-state index in [9.17, 15) is 31.1 Å². The lowest BCUT2D eigenvalue weighted by Crippen LogP contribution is -2.39. The van der Waals surface area contributed by atoms with Crippen LogP contribution in [-0.2, 0) is 9.59 Å². The molecule has 18 heavy (non-hydrogen) atoms. The number of carboxylic acid groups (broad SMARTS) is 1. The molecule has 0 bridgehead atoms. The van der Waals surface area contributed by atoms with E-state index in [4.69, 9.17) is 9.90 Å². The highest BCUT2D eigenvalue weighted by molar-refractivity contribution is 5.81. The quantitative estimate of drug-likeness (QED) is 0.521. The Morgan fingerprint density at radius 3 is 1.61 bits per heavy atom. The van der Waals surface area contributed by atoms with E-state index in [0.717, 1.165) is 0 Å². The second kappa shape index (κ2) is 7.74. The maximum absolute atomic E-state index is 11.4. The predicted octanol–water partition coefficient (Wildman–Crippen LogP) is 0.518. The molecule has 0 saturated heterocycles. The molecule has 3 N–H and O–H groups in total. The SMILES string of the molecule is CNCCNC(=O)C(F)(F)F.O=C(O)C(F)(F)F. The van der Waals surface area contributed by atoms with Crippen LogP contribution in [0.4, 0.5) is 26.3 Å². The van der Waals surface area contributed by atoms with Gasteiger partial charge in [0.05, 0.1) is 0 Å². The minimum Gasteiger partial charge on any atom is -0.475 e. The molecule has 0 rings (SSSR count). The number of carbonyl (C=O) groups excluding carboxylic acids is 1. The third-order valence-electron chi connectivity index (χ3n) is 1.16. The summed E-state index contributed by atoms with van der Waals surface area (Å²) in [5.41, 5.74) is 0.